The van der Waals surface area contributed by atoms with Crippen LogP contribution in [0.5, 0.6) is 0 Å². The lowest BCUT2D eigenvalue weighted by atomic mass is 9.97. The fourth-order valence-electron chi connectivity index (χ4n) is 4.38. The molecule has 9 N–H and O–H groups in total. The maximum absolute atomic E-state index is 13.7. The zero-order chi connectivity index (χ0) is 37.5. The van der Waals surface area contributed by atoms with Gasteiger partial charge in [0.1, 0.15) is 29.8 Å². The van der Waals surface area contributed by atoms with Crippen molar-refractivity contribution in [3.05, 3.63) is 35.9 Å². The first-order chi connectivity index (χ1) is 22.8. The van der Waals surface area contributed by atoms with Gasteiger partial charge in [-0.1, -0.05) is 50.6 Å². The van der Waals surface area contributed by atoms with Crippen LogP contribution in [0.25, 0.3) is 0 Å². The number of benzene rings is 1. The van der Waals surface area contributed by atoms with Crippen molar-refractivity contribution in [3.63, 3.8) is 0 Å². The molecule has 1 aromatic carbocycles. The van der Waals surface area contributed by atoms with Crippen molar-refractivity contribution < 1.29 is 53.2 Å². The molecule has 17 nitrogen and oxygen atoms in total. The number of carbonyl (C=O) groups excluding carboxylic acids is 7. The van der Waals surface area contributed by atoms with Gasteiger partial charge in [0.25, 0.3) is 0 Å². The predicted octanol–water partition coefficient (Wildman–Crippen LogP) is -1.47. The molecule has 0 aromatic heterocycles. The van der Waals surface area contributed by atoms with Crippen LogP contribution in [-0.2, 0) is 44.7 Å². The van der Waals surface area contributed by atoms with E-state index in [1.54, 1.807) is 58.0 Å². The number of esters is 1. The van der Waals surface area contributed by atoms with Gasteiger partial charge in [-0.3, -0.25) is 24.0 Å². The lowest BCUT2D eigenvalue weighted by Gasteiger charge is -2.29. The van der Waals surface area contributed by atoms with Crippen molar-refractivity contribution in [2.45, 2.75) is 103 Å². The summed E-state index contributed by atoms with van der Waals surface area (Å²) in [6, 6.07) is 1.24. The van der Waals surface area contributed by atoms with E-state index in [2.05, 4.69) is 31.3 Å². The van der Waals surface area contributed by atoms with Crippen LogP contribution in [0, 0.1) is 5.92 Å². The second-order valence-electron chi connectivity index (χ2n) is 12.5. The number of rotatable bonds is 18. The SMILES string of the molecule is CC[C@H](C)[C@H](NC(=O)OC(C)(C)C)C(=O)N[C@@H](Cc1ccccc1)C(=O)N[C@H](C(=O)N[C@@H](CC(N)=O)C(=O)N[C@@H](CO)C(=O)OC)[C@@H](C)O. The van der Waals surface area contributed by atoms with E-state index in [0.717, 1.165) is 7.11 Å². The molecule has 0 saturated heterocycles. The van der Waals surface area contributed by atoms with Crippen molar-refractivity contribution in [2.75, 3.05) is 13.7 Å². The fraction of sp³-hybridized carbons (Fsp3) is 0.594. The maximum Gasteiger partial charge on any atom is 0.408 e. The molecule has 0 aliphatic rings. The minimum atomic E-state index is -1.72. The van der Waals surface area contributed by atoms with Crippen LogP contribution in [0.1, 0.15) is 59.9 Å². The highest BCUT2D eigenvalue weighted by atomic mass is 16.6. The Morgan fingerprint density at radius 3 is 1.82 bits per heavy atom. The van der Waals surface area contributed by atoms with E-state index in [-0.39, 0.29) is 12.3 Å². The van der Waals surface area contributed by atoms with Crippen molar-refractivity contribution in [1.29, 1.82) is 0 Å². The molecule has 17 heteroatoms. The molecule has 0 fully saturated rings. The molecule has 49 heavy (non-hydrogen) atoms. The second kappa shape index (κ2) is 19.9. The Hall–Kier alpha value is -4.77. The van der Waals surface area contributed by atoms with Crippen LogP contribution in [-0.4, -0.2) is 107 Å². The molecular weight excluding hydrogens is 644 g/mol. The van der Waals surface area contributed by atoms with E-state index >= 15 is 0 Å². The van der Waals surface area contributed by atoms with Gasteiger partial charge in [0, 0.05) is 6.42 Å². The van der Waals surface area contributed by atoms with E-state index < -0.39 is 96.5 Å². The highest BCUT2D eigenvalue weighted by Gasteiger charge is 2.36. The number of amides is 6. The van der Waals surface area contributed by atoms with Crippen molar-refractivity contribution in [1.82, 2.24) is 26.6 Å². The van der Waals surface area contributed by atoms with Crippen LogP contribution >= 0.6 is 0 Å². The topological polar surface area (TPSA) is 265 Å². The molecular formula is C32H50N6O11. The van der Waals surface area contributed by atoms with Gasteiger partial charge in [-0.15, -0.1) is 0 Å². The number of methoxy groups -OCH3 is 1. The Balaban J connectivity index is 3.32. The molecule has 1 aromatic rings. The number of primary amides is 1. The van der Waals surface area contributed by atoms with E-state index in [9.17, 15) is 43.8 Å². The van der Waals surface area contributed by atoms with Gasteiger partial charge in [0.05, 0.1) is 26.2 Å². The number of nitrogens with two attached hydrogens (primary N) is 1. The van der Waals surface area contributed by atoms with Gasteiger partial charge in [-0.05, 0) is 39.2 Å². The van der Waals surface area contributed by atoms with Crippen LogP contribution in [0.3, 0.4) is 0 Å². The van der Waals surface area contributed by atoms with Crippen LogP contribution in [0.2, 0.25) is 0 Å². The zero-order valence-electron chi connectivity index (χ0n) is 28.9. The lowest BCUT2D eigenvalue weighted by molar-refractivity contribution is -0.146. The number of hydrogen-bond acceptors (Lipinski definition) is 11. The number of hydrogen-bond donors (Lipinski definition) is 8. The monoisotopic (exact) mass is 694 g/mol. The molecule has 274 valence electrons. The van der Waals surface area contributed by atoms with E-state index in [1.165, 1.54) is 6.92 Å². The summed E-state index contributed by atoms with van der Waals surface area (Å²) in [6.45, 7) is 8.85. The fourth-order valence-corrected chi connectivity index (χ4v) is 4.38. The van der Waals surface area contributed by atoms with Crippen molar-refractivity contribution in [3.8, 4) is 0 Å². The Bertz CT molecular complexity index is 1300. The Morgan fingerprint density at radius 1 is 0.796 bits per heavy atom. The molecule has 0 unspecified atom stereocenters. The Morgan fingerprint density at radius 2 is 1.33 bits per heavy atom. The summed E-state index contributed by atoms with van der Waals surface area (Å²) in [5, 5.41) is 31.8. The first kappa shape index (κ1) is 42.3. The summed E-state index contributed by atoms with van der Waals surface area (Å²) in [6.07, 6.45) is -2.72. The lowest BCUT2D eigenvalue weighted by Crippen LogP contribution is -2.62. The highest BCUT2D eigenvalue weighted by Crippen LogP contribution is 2.13. The van der Waals surface area contributed by atoms with Gasteiger partial charge < -0.3 is 52.0 Å². The third kappa shape index (κ3) is 14.9. The van der Waals surface area contributed by atoms with Gasteiger partial charge in [-0.2, -0.15) is 0 Å². The molecule has 0 aliphatic heterocycles. The summed E-state index contributed by atoms with van der Waals surface area (Å²) in [4.78, 5) is 89.6. The minimum Gasteiger partial charge on any atom is -0.467 e. The molecule has 0 spiro atoms. The molecule has 0 saturated carbocycles. The molecule has 1 rings (SSSR count). The van der Waals surface area contributed by atoms with Crippen molar-refractivity contribution >= 4 is 41.6 Å². The number of alkyl carbamates (subject to hydrolysis) is 1. The third-order valence-corrected chi connectivity index (χ3v) is 7.17. The smallest absolute Gasteiger partial charge is 0.408 e. The maximum atomic E-state index is 13.7. The Kier molecular flexibility index (Phi) is 17.2. The average molecular weight is 695 g/mol. The van der Waals surface area contributed by atoms with E-state index in [1.807, 2.05) is 6.92 Å². The van der Waals surface area contributed by atoms with E-state index in [0.29, 0.717) is 12.0 Å². The summed E-state index contributed by atoms with van der Waals surface area (Å²) in [5.41, 5.74) is 5.03. The van der Waals surface area contributed by atoms with Gasteiger partial charge >= 0.3 is 12.1 Å². The largest absolute Gasteiger partial charge is 0.467 e. The molecule has 0 radical (unpaired) electrons. The van der Waals surface area contributed by atoms with Crippen molar-refractivity contribution in [2.24, 2.45) is 11.7 Å². The second-order valence-corrected chi connectivity index (χ2v) is 12.5. The number of nitrogens with one attached hydrogen (secondary N) is 5. The normalized spacial score (nSPS) is 15.4. The van der Waals surface area contributed by atoms with E-state index in [4.69, 9.17) is 10.5 Å². The quantitative estimate of drug-likeness (QED) is 0.0822. The molecule has 7 atom stereocenters. The third-order valence-electron chi connectivity index (χ3n) is 7.17. The number of aliphatic hydroxyl groups excluding tert-OH is 2. The molecule has 0 aliphatic carbocycles. The summed E-state index contributed by atoms with van der Waals surface area (Å²) in [7, 11) is 1.02. The van der Waals surface area contributed by atoms with Gasteiger partial charge in [0.2, 0.25) is 29.5 Å². The summed E-state index contributed by atoms with van der Waals surface area (Å²) in [5.74, 6) is -6.22. The number of aliphatic hydroxyl groups is 2. The standard InChI is InChI=1S/C32H50N6O11/c1-8-17(2)24(38-31(47)49-32(4,5)6)28(44)34-20(14-19-12-10-9-11-13-19)27(43)37-25(18(3)40)29(45)35-21(15-23(33)41)26(42)36-22(16-39)30(46)48-7/h9-13,17-18,20-22,24-25,39-40H,8,14-16H2,1-7H3,(H2,33,41)(H,34,44)(H,35,45)(H,36,42)(H,37,43)(H,38,47)/t17-,18+,20-,21-,22-,24-,25-/m0/s1. The Labute approximate surface area is 285 Å². The molecule has 0 bridgehead atoms. The molecule has 6 amide bonds. The first-order valence-electron chi connectivity index (χ1n) is 15.7. The predicted molar refractivity (Wildman–Crippen MR) is 175 cm³/mol. The minimum absolute atomic E-state index is 0.0605. The number of carbonyl (C=O) groups is 7. The number of ether oxygens (including phenoxy) is 2. The van der Waals surface area contributed by atoms with Crippen LogP contribution in [0.4, 0.5) is 4.79 Å². The van der Waals surface area contributed by atoms with Gasteiger partial charge in [-0.25, -0.2) is 9.59 Å². The molecule has 0 heterocycles. The summed E-state index contributed by atoms with van der Waals surface area (Å²) < 4.78 is 9.80. The van der Waals surface area contributed by atoms with Crippen LogP contribution in [0.15, 0.2) is 30.3 Å². The van der Waals surface area contributed by atoms with Gasteiger partial charge in [0.15, 0.2) is 6.04 Å². The van der Waals surface area contributed by atoms with Crippen LogP contribution < -0.4 is 32.3 Å². The highest BCUT2D eigenvalue weighted by molar-refractivity contribution is 5.97. The average Bonchev–Trinajstić information content (AvgIpc) is 3.02. The first-order valence-corrected chi connectivity index (χ1v) is 15.7. The zero-order valence-corrected chi connectivity index (χ0v) is 28.9. The summed E-state index contributed by atoms with van der Waals surface area (Å²) >= 11 is 0.